The van der Waals surface area contributed by atoms with E-state index in [9.17, 15) is 53.4 Å². The van der Waals surface area contributed by atoms with Crippen LogP contribution in [0.1, 0.15) is 65.1 Å². The summed E-state index contributed by atoms with van der Waals surface area (Å²) >= 11 is 0. The van der Waals surface area contributed by atoms with Crippen molar-refractivity contribution in [2.45, 2.75) is 103 Å². The first kappa shape index (κ1) is 46.6. The van der Waals surface area contributed by atoms with Gasteiger partial charge >= 0.3 is 11.9 Å². The van der Waals surface area contributed by atoms with Crippen molar-refractivity contribution >= 4 is 53.3 Å². The van der Waals surface area contributed by atoms with E-state index in [-0.39, 0.29) is 30.9 Å². The summed E-state index contributed by atoms with van der Waals surface area (Å²) in [6.07, 6.45) is 1.62. The van der Waals surface area contributed by atoms with E-state index in [2.05, 4.69) is 47.2 Å². The Hall–Kier alpha value is -6.54. The molecule has 2 rings (SSSR count). The number of carboxylic acids is 2. The minimum atomic E-state index is -1.54. The van der Waals surface area contributed by atoms with Crippen molar-refractivity contribution in [1.82, 2.24) is 47.2 Å². The molecule has 7 amide bonds. The number of carboxylic acid groups (broad SMARTS) is 2. The Bertz CT molecular complexity index is 1730. The molecule has 2 aromatic rings. The van der Waals surface area contributed by atoms with E-state index in [1.165, 1.54) is 57.6 Å². The number of benzene rings is 1. The van der Waals surface area contributed by atoms with Gasteiger partial charge in [-0.1, -0.05) is 26.0 Å². The minimum absolute atomic E-state index is 0.0629. The number of aliphatic carboxylic acids is 2. The lowest BCUT2D eigenvalue weighted by molar-refractivity contribution is -0.143. The zero-order valence-corrected chi connectivity index (χ0v) is 32.2. The van der Waals surface area contributed by atoms with Crippen LogP contribution in [-0.4, -0.2) is 121 Å². The highest BCUT2D eigenvalue weighted by Gasteiger charge is 2.31. The molecule has 0 fully saturated rings. The third-order valence-corrected chi connectivity index (χ3v) is 8.23. The third kappa shape index (κ3) is 17.2. The number of H-pyrrole nitrogens is 1. The number of aromatic hydroxyl groups is 1. The number of rotatable bonds is 23. The second-order valence-electron chi connectivity index (χ2n) is 13.7. The molecule has 0 bridgehead atoms. The second kappa shape index (κ2) is 22.7. The molecule has 57 heavy (non-hydrogen) atoms. The Morgan fingerprint density at radius 2 is 1.25 bits per heavy atom. The van der Waals surface area contributed by atoms with E-state index < -0.39 is 109 Å². The van der Waals surface area contributed by atoms with Gasteiger partial charge in [0, 0.05) is 38.1 Å². The van der Waals surface area contributed by atoms with E-state index in [1.54, 1.807) is 13.8 Å². The smallest absolute Gasteiger partial charge is 0.326 e. The second-order valence-corrected chi connectivity index (χ2v) is 13.7. The molecule has 6 atom stereocenters. The van der Waals surface area contributed by atoms with Gasteiger partial charge in [0.15, 0.2) is 0 Å². The zero-order valence-electron chi connectivity index (χ0n) is 32.2. The van der Waals surface area contributed by atoms with Crippen molar-refractivity contribution in [3.8, 4) is 5.75 Å². The van der Waals surface area contributed by atoms with E-state index >= 15 is 0 Å². The number of carbonyl (C=O) groups is 9. The Balaban J connectivity index is 2.24. The molecule has 0 unspecified atom stereocenters. The Morgan fingerprint density at radius 1 is 0.684 bits per heavy atom. The van der Waals surface area contributed by atoms with Crippen molar-refractivity contribution in [3.05, 3.63) is 48.0 Å². The normalized spacial score (nSPS) is 14.0. The molecule has 0 radical (unpaired) electrons. The first-order chi connectivity index (χ1) is 26.7. The number of nitrogens with one attached hydrogen (secondary N) is 8. The van der Waals surface area contributed by atoms with Crippen molar-refractivity contribution in [3.63, 3.8) is 0 Å². The van der Waals surface area contributed by atoms with Crippen LogP contribution in [0.3, 0.4) is 0 Å². The van der Waals surface area contributed by atoms with Crippen LogP contribution in [0, 0.1) is 5.92 Å². The Morgan fingerprint density at radius 3 is 1.81 bits per heavy atom. The first-order valence-corrected chi connectivity index (χ1v) is 18.0. The number of phenolic OH excluding ortho intramolecular Hbond substituents is 1. The van der Waals surface area contributed by atoms with Gasteiger partial charge in [0.2, 0.25) is 41.4 Å². The summed E-state index contributed by atoms with van der Waals surface area (Å²) in [5.41, 5.74) is 0.917. The van der Waals surface area contributed by atoms with Gasteiger partial charge in [-0.2, -0.15) is 0 Å². The number of aromatic nitrogens is 2. The minimum Gasteiger partial charge on any atom is -0.508 e. The lowest BCUT2D eigenvalue weighted by Gasteiger charge is -2.25. The topological polar surface area (TPSA) is 327 Å². The fourth-order valence-electron chi connectivity index (χ4n) is 5.28. The molecule has 1 aromatic heterocycles. The summed E-state index contributed by atoms with van der Waals surface area (Å²) in [6.45, 7) is 6.82. The largest absolute Gasteiger partial charge is 0.508 e. The summed E-state index contributed by atoms with van der Waals surface area (Å²) in [6, 6.07) is -1.88. The van der Waals surface area contributed by atoms with Gasteiger partial charge < -0.3 is 57.5 Å². The summed E-state index contributed by atoms with van der Waals surface area (Å²) in [5, 5.41) is 45.3. The predicted molar refractivity (Wildman–Crippen MR) is 200 cm³/mol. The van der Waals surface area contributed by atoms with Crippen LogP contribution in [0.25, 0.3) is 0 Å². The molecule has 0 saturated carbocycles. The molecule has 11 N–H and O–H groups in total. The highest BCUT2D eigenvalue weighted by molar-refractivity contribution is 5.96. The monoisotopic (exact) mass is 801 g/mol. The van der Waals surface area contributed by atoms with Crippen molar-refractivity contribution in [2.24, 2.45) is 5.92 Å². The number of nitrogens with zero attached hydrogens (tertiary/aromatic N) is 1. The molecular weight excluding hydrogens is 750 g/mol. The van der Waals surface area contributed by atoms with Crippen LogP contribution in [0.15, 0.2) is 36.8 Å². The van der Waals surface area contributed by atoms with Gasteiger partial charge in [-0.25, -0.2) is 9.78 Å². The van der Waals surface area contributed by atoms with E-state index in [4.69, 9.17) is 5.11 Å². The molecule has 1 heterocycles. The highest BCUT2D eigenvalue weighted by atomic mass is 16.4. The summed E-state index contributed by atoms with van der Waals surface area (Å²) in [4.78, 5) is 120. The van der Waals surface area contributed by atoms with E-state index in [1.807, 2.05) is 0 Å². The molecule has 0 spiro atoms. The molecule has 0 saturated heterocycles. The lowest BCUT2D eigenvalue weighted by Crippen LogP contribution is -2.58. The van der Waals surface area contributed by atoms with Crippen LogP contribution in [-0.2, 0) is 56.0 Å². The molecule has 21 nitrogen and oxygen atoms in total. The van der Waals surface area contributed by atoms with Crippen LogP contribution in [0.4, 0.5) is 0 Å². The SMILES string of the molecule is CC(=O)N[C@@H](C)C(=O)N[C@@H](C)C(=O)N[C@@H](Cc1cnc[nH]1)C(=O)N[C@@H](Cc1ccc(O)cc1)C(=O)NCC(=O)N[C@@H](CC(C)C)C(=O)N[C@@H](CCC(=O)O)C(=O)O. The van der Waals surface area contributed by atoms with Gasteiger partial charge in [0.1, 0.15) is 42.0 Å². The standard InChI is InChI=1S/C36H51N9O12/c1-18(2)12-26(34(54)43-25(36(56)57)10-11-30(49)50)42-29(48)16-38-33(53)27(13-22-6-8-24(47)9-7-22)45-35(55)28(14-23-15-37-17-39-23)44-32(52)20(4)41-31(51)19(3)40-21(5)46/h6-9,15,17-20,25-28,47H,10-14,16H2,1-5H3,(H,37,39)(H,38,53)(H,40,46)(H,41,51)(H,42,48)(H,43,54)(H,44,52)(H,45,55)(H,49,50)(H,56,57)/t19-,20-,25-,26-,27-,28-/m0/s1. The van der Waals surface area contributed by atoms with Crippen LogP contribution < -0.4 is 37.2 Å². The number of carbonyl (C=O) groups excluding carboxylic acids is 7. The van der Waals surface area contributed by atoms with Crippen LogP contribution in [0.5, 0.6) is 5.75 Å². The first-order valence-electron chi connectivity index (χ1n) is 18.0. The maximum absolute atomic E-state index is 13.8. The number of hydrogen-bond acceptors (Lipinski definition) is 11. The quantitative estimate of drug-likeness (QED) is 0.0579. The molecular formula is C36H51N9O12. The number of hydrogen-bond donors (Lipinski definition) is 11. The van der Waals surface area contributed by atoms with Gasteiger partial charge in [-0.05, 0) is 50.3 Å². The van der Waals surface area contributed by atoms with E-state index in [0.29, 0.717) is 11.3 Å². The van der Waals surface area contributed by atoms with Gasteiger partial charge in [-0.3, -0.25) is 38.4 Å². The fraction of sp³-hybridized carbons (Fsp3) is 0.500. The zero-order chi connectivity index (χ0) is 42.8. The fourth-order valence-corrected chi connectivity index (χ4v) is 5.28. The Labute approximate surface area is 327 Å². The maximum Gasteiger partial charge on any atom is 0.326 e. The van der Waals surface area contributed by atoms with Gasteiger partial charge in [0.25, 0.3) is 0 Å². The molecule has 1 aromatic carbocycles. The average molecular weight is 802 g/mol. The van der Waals surface area contributed by atoms with Gasteiger partial charge in [0.05, 0.1) is 12.9 Å². The van der Waals surface area contributed by atoms with Crippen LogP contribution in [0.2, 0.25) is 0 Å². The van der Waals surface area contributed by atoms with Gasteiger partial charge in [-0.15, -0.1) is 0 Å². The van der Waals surface area contributed by atoms with E-state index in [0.717, 1.165) is 0 Å². The van der Waals surface area contributed by atoms with Crippen molar-refractivity contribution < 1.29 is 58.5 Å². The number of aromatic amines is 1. The molecule has 312 valence electrons. The molecule has 21 heteroatoms. The molecule has 0 aliphatic carbocycles. The van der Waals surface area contributed by atoms with Crippen LogP contribution >= 0.6 is 0 Å². The summed E-state index contributed by atoms with van der Waals surface area (Å²) < 4.78 is 0. The molecule has 0 aliphatic heterocycles. The number of phenols is 1. The summed E-state index contributed by atoms with van der Waals surface area (Å²) in [5.74, 6) is -8.25. The lowest BCUT2D eigenvalue weighted by atomic mass is 10.0. The summed E-state index contributed by atoms with van der Waals surface area (Å²) in [7, 11) is 0. The number of amides is 7. The Kier molecular flexibility index (Phi) is 18.6. The van der Waals surface area contributed by atoms with Crippen molar-refractivity contribution in [1.29, 1.82) is 0 Å². The average Bonchev–Trinajstić information content (AvgIpc) is 3.64. The highest BCUT2D eigenvalue weighted by Crippen LogP contribution is 2.12. The predicted octanol–water partition coefficient (Wildman–Crippen LogP) is -2.02. The third-order valence-electron chi connectivity index (χ3n) is 8.23. The van der Waals surface area contributed by atoms with Crippen molar-refractivity contribution in [2.75, 3.05) is 6.54 Å². The molecule has 0 aliphatic rings. The maximum atomic E-state index is 13.8. The number of imidazole rings is 1.